The van der Waals surface area contributed by atoms with Crippen molar-refractivity contribution in [1.82, 2.24) is 0 Å². The number of carbonyl (C=O) groups is 1. The maximum Gasteiger partial charge on any atom is 0.227 e. The van der Waals surface area contributed by atoms with Gasteiger partial charge >= 0.3 is 0 Å². The quantitative estimate of drug-likeness (QED) is 0.796. The molecule has 17 heavy (non-hydrogen) atoms. The normalized spacial score (nSPS) is 12.2. The summed E-state index contributed by atoms with van der Waals surface area (Å²) in [5.41, 5.74) is 7.32. The van der Waals surface area contributed by atoms with E-state index in [9.17, 15) is 4.79 Å². The van der Waals surface area contributed by atoms with E-state index >= 15 is 0 Å². The number of nitrogen functional groups attached to an aromatic ring is 1. The molecular weight excluding hydrogens is 212 g/mol. The highest BCUT2D eigenvalue weighted by Gasteiger charge is 2.16. The molecule has 2 N–H and O–H groups in total. The van der Waals surface area contributed by atoms with E-state index in [1.165, 1.54) is 0 Å². The van der Waals surface area contributed by atoms with Gasteiger partial charge in [-0.25, -0.2) is 0 Å². The van der Waals surface area contributed by atoms with Crippen LogP contribution in [0.1, 0.15) is 33.6 Å². The van der Waals surface area contributed by atoms with Gasteiger partial charge in [0.2, 0.25) is 5.91 Å². The predicted molar refractivity (Wildman–Crippen MR) is 73.0 cm³/mol. The van der Waals surface area contributed by atoms with Gasteiger partial charge in [0.15, 0.2) is 0 Å². The molecule has 0 heterocycles. The van der Waals surface area contributed by atoms with Gasteiger partial charge < -0.3 is 10.6 Å². The van der Waals surface area contributed by atoms with Gasteiger partial charge in [0.05, 0.1) is 0 Å². The molecule has 3 nitrogen and oxygen atoms in total. The number of rotatable bonds is 5. The van der Waals surface area contributed by atoms with Gasteiger partial charge in [-0.2, -0.15) is 0 Å². The van der Waals surface area contributed by atoms with E-state index in [1.807, 2.05) is 31.2 Å². The monoisotopic (exact) mass is 234 g/mol. The van der Waals surface area contributed by atoms with Crippen LogP contribution in [0.3, 0.4) is 0 Å². The molecule has 1 aromatic carbocycles. The lowest BCUT2D eigenvalue weighted by Gasteiger charge is -2.22. The zero-order valence-corrected chi connectivity index (χ0v) is 10.9. The first-order valence-corrected chi connectivity index (χ1v) is 6.24. The van der Waals surface area contributed by atoms with Crippen molar-refractivity contribution in [3.63, 3.8) is 0 Å². The Labute approximate surface area is 104 Å². The van der Waals surface area contributed by atoms with Gasteiger partial charge in [-0.3, -0.25) is 4.79 Å². The number of carbonyl (C=O) groups excluding carboxylic acids is 1. The Balaban J connectivity index is 2.81. The molecule has 1 amide bonds. The third-order valence-corrected chi connectivity index (χ3v) is 3.02. The van der Waals surface area contributed by atoms with Crippen LogP contribution in [0.15, 0.2) is 24.3 Å². The van der Waals surface area contributed by atoms with Crippen LogP contribution in [0.5, 0.6) is 0 Å². The minimum atomic E-state index is 0.174. The van der Waals surface area contributed by atoms with Crippen molar-refractivity contribution in [2.24, 2.45) is 5.92 Å². The zero-order valence-electron chi connectivity index (χ0n) is 10.9. The number of nitrogens with zero attached hydrogens (tertiary/aromatic N) is 1. The van der Waals surface area contributed by atoms with Crippen LogP contribution in [0.4, 0.5) is 11.4 Å². The summed E-state index contributed by atoms with van der Waals surface area (Å²) >= 11 is 0. The number of hydrogen-bond donors (Lipinski definition) is 1. The average molecular weight is 234 g/mol. The van der Waals surface area contributed by atoms with Gasteiger partial charge in [0.1, 0.15) is 0 Å². The van der Waals surface area contributed by atoms with Crippen molar-refractivity contribution in [2.45, 2.75) is 33.6 Å². The number of benzene rings is 1. The highest BCUT2D eigenvalue weighted by atomic mass is 16.2. The molecule has 1 rings (SSSR count). The fourth-order valence-electron chi connectivity index (χ4n) is 1.75. The molecule has 0 saturated carbocycles. The van der Waals surface area contributed by atoms with Crippen LogP contribution in [0, 0.1) is 5.92 Å². The predicted octanol–water partition coefficient (Wildman–Crippen LogP) is 3.06. The maximum atomic E-state index is 12.1. The standard InChI is InChI=1S/C14H22N2O/c1-4-11(3)9-14(17)16(5-2)13-8-6-7-12(15)10-13/h6-8,10-11H,4-5,9,15H2,1-3H3. The topological polar surface area (TPSA) is 46.3 Å². The first kappa shape index (κ1) is 13.6. The van der Waals surface area contributed by atoms with Crippen LogP contribution < -0.4 is 10.6 Å². The Hall–Kier alpha value is -1.51. The van der Waals surface area contributed by atoms with Crippen molar-refractivity contribution in [2.75, 3.05) is 17.2 Å². The third-order valence-electron chi connectivity index (χ3n) is 3.02. The van der Waals surface area contributed by atoms with E-state index < -0.39 is 0 Å². The van der Waals surface area contributed by atoms with Gasteiger partial charge in [0, 0.05) is 24.3 Å². The van der Waals surface area contributed by atoms with Crippen LogP contribution in [0.2, 0.25) is 0 Å². The van der Waals surface area contributed by atoms with Crippen LogP contribution >= 0.6 is 0 Å². The molecule has 0 spiro atoms. The van der Waals surface area contributed by atoms with E-state index in [0.717, 1.165) is 12.1 Å². The summed E-state index contributed by atoms with van der Waals surface area (Å²) in [5, 5.41) is 0. The third kappa shape index (κ3) is 3.77. The number of nitrogens with two attached hydrogens (primary N) is 1. The first-order chi connectivity index (χ1) is 8.08. The summed E-state index contributed by atoms with van der Waals surface area (Å²) in [6.45, 7) is 6.87. The van der Waals surface area contributed by atoms with Crippen molar-refractivity contribution in [1.29, 1.82) is 0 Å². The molecule has 1 atom stereocenters. The Morgan fingerprint density at radius 2 is 2.12 bits per heavy atom. The van der Waals surface area contributed by atoms with E-state index in [1.54, 1.807) is 4.90 Å². The smallest absolute Gasteiger partial charge is 0.227 e. The summed E-state index contributed by atoms with van der Waals surface area (Å²) in [7, 11) is 0. The van der Waals surface area contributed by atoms with Gasteiger partial charge in [-0.05, 0) is 31.0 Å². The second-order valence-corrected chi connectivity index (χ2v) is 4.45. The summed E-state index contributed by atoms with van der Waals surface area (Å²) in [5.74, 6) is 0.602. The first-order valence-electron chi connectivity index (χ1n) is 6.24. The summed E-state index contributed by atoms with van der Waals surface area (Å²) < 4.78 is 0. The van der Waals surface area contributed by atoms with Crippen molar-refractivity contribution in [3.8, 4) is 0 Å². The number of amides is 1. The molecule has 0 saturated heterocycles. The largest absolute Gasteiger partial charge is 0.399 e. The van der Waals surface area contributed by atoms with Crippen molar-refractivity contribution < 1.29 is 4.79 Å². The molecule has 0 fully saturated rings. The lowest BCUT2D eigenvalue weighted by atomic mass is 10.0. The molecule has 0 radical (unpaired) electrons. The maximum absolute atomic E-state index is 12.1. The molecule has 0 aliphatic rings. The summed E-state index contributed by atoms with van der Waals surface area (Å²) in [6, 6.07) is 7.48. The fourth-order valence-corrected chi connectivity index (χ4v) is 1.75. The van der Waals surface area contributed by atoms with Crippen LogP contribution in [0.25, 0.3) is 0 Å². The second-order valence-electron chi connectivity index (χ2n) is 4.45. The Morgan fingerprint density at radius 3 is 2.65 bits per heavy atom. The molecular formula is C14H22N2O. The number of anilines is 2. The molecule has 0 aliphatic carbocycles. The second kappa shape index (κ2) is 6.28. The Bertz CT molecular complexity index is 376. The Morgan fingerprint density at radius 1 is 1.41 bits per heavy atom. The van der Waals surface area contributed by atoms with E-state index in [4.69, 9.17) is 5.73 Å². The molecule has 3 heteroatoms. The fraction of sp³-hybridized carbons (Fsp3) is 0.500. The van der Waals surface area contributed by atoms with E-state index in [2.05, 4.69) is 13.8 Å². The van der Waals surface area contributed by atoms with Gasteiger partial charge in [0.25, 0.3) is 0 Å². The highest BCUT2D eigenvalue weighted by molar-refractivity contribution is 5.93. The van der Waals surface area contributed by atoms with Crippen molar-refractivity contribution in [3.05, 3.63) is 24.3 Å². The van der Waals surface area contributed by atoms with Gasteiger partial charge in [-0.1, -0.05) is 26.3 Å². The van der Waals surface area contributed by atoms with Crippen LogP contribution in [-0.4, -0.2) is 12.5 Å². The van der Waals surface area contributed by atoms with Gasteiger partial charge in [-0.15, -0.1) is 0 Å². The summed E-state index contributed by atoms with van der Waals surface area (Å²) in [6.07, 6.45) is 1.62. The molecule has 0 aromatic heterocycles. The molecule has 0 aliphatic heterocycles. The Kier molecular flexibility index (Phi) is 5.01. The van der Waals surface area contributed by atoms with E-state index in [-0.39, 0.29) is 5.91 Å². The lowest BCUT2D eigenvalue weighted by Crippen LogP contribution is -2.31. The molecule has 94 valence electrons. The van der Waals surface area contributed by atoms with E-state index in [0.29, 0.717) is 24.6 Å². The van der Waals surface area contributed by atoms with Crippen molar-refractivity contribution >= 4 is 17.3 Å². The SMILES string of the molecule is CCC(C)CC(=O)N(CC)c1cccc(N)c1. The molecule has 1 aromatic rings. The minimum absolute atomic E-state index is 0.174. The molecule has 0 bridgehead atoms. The highest BCUT2D eigenvalue weighted by Crippen LogP contribution is 2.20. The average Bonchev–Trinajstić information content (AvgIpc) is 2.30. The number of hydrogen-bond acceptors (Lipinski definition) is 2. The molecule has 1 unspecified atom stereocenters. The lowest BCUT2D eigenvalue weighted by molar-refractivity contribution is -0.119. The summed E-state index contributed by atoms with van der Waals surface area (Å²) in [4.78, 5) is 13.9. The van der Waals surface area contributed by atoms with Crippen LogP contribution in [-0.2, 0) is 4.79 Å². The minimum Gasteiger partial charge on any atom is -0.399 e. The zero-order chi connectivity index (χ0) is 12.8.